The number of hydrogen-bond donors (Lipinski definition) is 1. The van der Waals surface area contributed by atoms with Gasteiger partial charge in [-0.1, -0.05) is 0 Å². The minimum atomic E-state index is -0.791. The number of furan rings is 1. The summed E-state index contributed by atoms with van der Waals surface area (Å²) in [4.78, 5) is 22.4. The zero-order chi connectivity index (χ0) is 11.6. The van der Waals surface area contributed by atoms with Crippen LogP contribution < -0.4 is 5.73 Å². The van der Waals surface area contributed by atoms with E-state index in [-0.39, 0.29) is 11.3 Å². The maximum atomic E-state index is 11.6. The van der Waals surface area contributed by atoms with Crippen LogP contribution in [-0.4, -0.2) is 17.5 Å². The van der Waals surface area contributed by atoms with Gasteiger partial charge in [0, 0.05) is 0 Å². The lowest BCUT2D eigenvalue weighted by Gasteiger charge is -2.18. The molecule has 0 fully saturated rings. The number of nitrogens with two attached hydrogens (primary N) is 1. The zero-order valence-corrected chi connectivity index (χ0v) is 8.87. The van der Waals surface area contributed by atoms with E-state index in [2.05, 4.69) is 0 Å². The van der Waals surface area contributed by atoms with E-state index in [0.29, 0.717) is 0 Å². The Morgan fingerprint density at radius 3 is 2.47 bits per heavy atom. The second kappa shape index (κ2) is 3.76. The van der Waals surface area contributed by atoms with Crippen LogP contribution in [0, 0.1) is 0 Å². The Balaban J connectivity index is 2.92. The Labute approximate surface area is 87.2 Å². The molecule has 1 heterocycles. The first-order chi connectivity index (χ1) is 6.81. The molecule has 82 valence electrons. The van der Waals surface area contributed by atoms with Crippen molar-refractivity contribution in [1.29, 1.82) is 0 Å². The number of carbonyl (C=O) groups excluding carboxylic acids is 2. The fraction of sp³-hybridized carbons (Fsp3) is 0.400. The maximum Gasteiger partial charge on any atom is 0.342 e. The van der Waals surface area contributed by atoms with E-state index in [9.17, 15) is 9.59 Å². The van der Waals surface area contributed by atoms with E-state index in [1.807, 2.05) is 0 Å². The number of amides is 1. The van der Waals surface area contributed by atoms with Crippen LogP contribution in [0.15, 0.2) is 16.7 Å². The maximum absolute atomic E-state index is 11.6. The van der Waals surface area contributed by atoms with E-state index < -0.39 is 17.5 Å². The molecule has 0 atom stereocenters. The van der Waals surface area contributed by atoms with E-state index in [1.165, 1.54) is 12.3 Å². The highest BCUT2D eigenvalue weighted by atomic mass is 16.6. The molecular weight excluding hydrogens is 198 g/mol. The summed E-state index contributed by atoms with van der Waals surface area (Å²) in [5, 5.41) is 0. The molecule has 0 aliphatic carbocycles. The minimum Gasteiger partial charge on any atom is -0.458 e. The van der Waals surface area contributed by atoms with Gasteiger partial charge in [-0.05, 0) is 26.8 Å². The number of esters is 1. The predicted molar refractivity (Wildman–Crippen MR) is 52.4 cm³/mol. The van der Waals surface area contributed by atoms with Crippen LogP contribution in [0.2, 0.25) is 0 Å². The summed E-state index contributed by atoms with van der Waals surface area (Å²) < 4.78 is 9.85. The van der Waals surface area contributed by atoms with Gasteiger partial charge in [0.2, 0.25) is 5.76 Å². The molecule has 5 nitrogen and oxygen atoms in total. The molecule has 2 N–H and O–H groups in total. The summed E-state index contributed by atoms with van der Waals surface area (Å²) in [5.41, 5.74) is 4.45. The van der Waals surface area contributed by atoms with Gasteiger partial charge < -0.3 is 14.9 Å². The average Bonchev–Trinajstić information content (AvgIpc) is 2.47. The Bertz CT molecular complexity index is 386. The van der Waals surface area contributed by atoms with Crippen LogP contribution in [-0.2, 0) is 4.74 Å². The third-order valence-corrected chi connectivity index (χ3v) is 1.51. The van der Waals surface area contributed by atoms with Crippen molar-refractivity contribution >= 4 is 11.9 Å². The Hall–Kier alpha value is -1.78. The summed E-state index contributed by atoms with van der Waals surface area (Å²) in [6, 6.07) is 1.36. The van der Waals surface area contributed by atoms with Crippen molar-refractivity contribution < 1.29 is 18.7 Å². The molecule has 1 aromatic heterocycles. The molecule has 0 bridgehead atoms. The zero-order valence-electron chi connectivity index (χ0n) is 8.87. The van der Waals surface area contributed by atoms with Crippen molar-refractivity contribution in [3.8, 4) is 0 Å². The van der Waals surface area contributed by atoms with Crippen LogP contribution >= 0.6 is 0 Å². The fourth-order valence-electron chi connectivity index (χ4n) is 0.994. The third-order valence-electron chi connectivity index (χ3n) is 1.51. The smallest absolute Gasteiger partial charge is 0.342 e. The van der Waals surface area contributed by atoms with Crippen LogP contribution in [0.4, 0.5) is 0 Å². The van der Waals surface area contributed by atoms with Gasteiger partial charge in [-0.15, -0.1) is 0 Å². The Morgan fingerprint density at radius 1 is 1.40 bits per heavy atom. The van der Waals surface area contributed by atoms with Gasteiger partial charge >= 0.3 is 5.97 Å². The lowest BCUT2D eigenvalue weighted by molar-refractivity contribution is 0.00666. The van der Waals surface area contributed by atoms with Crippen LogP contribution in [0.1, 0.15) is 41.7 Å². The average molecular weight is 211 g/mol. The summed E-state index contributed by atoms with van der Waals surface area (Å²) in [7, 11) is 0. The molecule has 0 aliphatic heterocycles. The summed E-state index contributed by atoms with van der Waals surface area (Å²) >= 11 is 0. The lowest BCUT2D eigenvalue weighted by atomic mass is 10.2. The van der Waals surface area contributed by atoms with E-state index in [0.717, 1.165) is 0 Å². The van der Waals surface area contributed by atoms with Gasteiger partial charge in [0.25, 0.3) is 5.91 Å². The number of rotatable bonds is 2. The summed E-state index contributed by atoms with van der Waals surface area (Å²) in [5.74, 6) is -1.59. The molecule has 15 heavy (non-hydrogen) atoms. The topological polar surface area (TPSA) is 82.5 Å². The van der Waals surface area contributed by atoms with Gasteiger partial charge in [0.15, 0.2) is 0 Å². The van der Waals surface area contributed by atoms with Gasteiger partial charge in [0.1, 0.15) is 11.2 Å². The molecule has 0 radical (unpaired) electrons. The first-order valence-corrected chi connectivity index (χ1v) is 4.42. The highest BCUT2D eigenvalue weighted by molar-refractivity contribution is 6.02. The largest absolute Gasteiger partial charge is 0.458 e. The van der Waals surface area contributed by atoms with Gasteiger partial charge in [0.05, 0.1) is 6.26 Å². The van der Waals surface area contributed by atoms with Crippen molar-refractivity contribution in [2.45, 2.75) is 26.4 Å². The summed E-state index contributed by atoms with van der Waals surface area (Å²) in [6.07, 6.45) is 1.22. The monoisotopic (exact) mass is 211 g/mol. The highest BCUT2D eigenvalue weighted by Crippen LogP contribution is 2.16. The van der Waals surface area contributed by atoms with Crippen LogP contribution in [0.25, 0.3) is 0 Å². The van der Waals surface area contributed by atoms with E-state index in [1.54, 1.807) is 20.8 Å². The number of carbonyl (C=O) groups is 2. The minimum absolute atomic E-state index is 0.0532. The van der Waals surface area contributed by atoms with Gasteiger partial charge in [-0.25, -0.2) is 4.79 Å². The molecule has 0 spiro atoms. The molecule has 5 heteroatoms. The standard InChI is InChI=1S/C10H13NO4/c1-10(2,3)15-9(13)6-4-5-14-7(6)8(11)12/h4-5H,1-3H3,(H2,11,12). The first kappa shape index (κ1) is 11.3. The second-order valence-corrected chi connectivity index (χ2v) is 4.03. The van der Waals surface area contributed by atoms with Crippen molar-refractivity contribution in [3.05, 3.63) is 23.7 Å². The predicted octanol–water partition coefficient (Wildman–Crippen LogP) is 1.33. The van der Waals surface area contributed by atoms with E-state index >= 15 is 0 Å². The number of hydrogen-bond acceptors (Lipinski definition) is 4. The van der Waals surface area contributed by atoms with Crippen molar-refractivity contribution in [3.63, 3.8) is 0 Å². The number of primary amides is 1. The molecule has 0 saturated heterocycles. The van der Waals surface area contributed by atoms with Crippen molar-refractivity contribution in [2.24, 2.45) is 5.73 Å². The molecule has 1 aromatic rings. The fourth-order valence-corrected chi connectivity index (χ4v) is 0.994. The summed E-state index contributed by atoms with van der Waals surface area (Å²) in [6.45, 7) is 5.19. The molecule has 0 unspecified atom stereocenters. The van der Waals surface area contributed by atoms with Crippen molar-refractivity contribution in [1.82, 2.24) is 0 Å². The molecular formula is C10H13NO4. The van der Waals surface area contributed by atoms with Gasteiger partial charge in [-0.3, -0.25) is 4.79 Å². The molecule has 1 rings (SSSR count). The van der Waals surface area contributed by atoms with Crippen LogP contribution in [0.3, 0.4) is 0 Å². The Morgan fingerprint density at radius 2 is 2.00 bits per heavy atom. The van der Waals surface area contributed by atoms with Gasteiger partial charge in [-0.2, -0.15) is 0 Å². The molecule has 0 saturated carbocycles. The molecule has 0 aliphatic rings. The SMILES string of the molecule is CC(C)(C)OC(=O)c1ccoc1C(N)=O. The van der Waals surface area contributed by atoms with Crippen molar-refractivity contribution in [2.75, 3.05) is 0 Å². The lowest BCUT2D eigenvalue weighted by Crippen LogP contribution is -2.25. The molecule has 1 amide bonds. The van der Waals surface area contributed by atoms with E-state index in [4.69, 9.17) is 14.9 Å². The number of ether oxygens (including phenoxy) is 1. The molecule has 0 aromatic carbocycles. The van der Waals surface area contributed by atoms with Crippen LogP contribution in [0.5, 0.6) is 0 Å². The normalized spacial score (nSPS) is 11.1. The quantitative estimate of drug-likeness (QED) is 0.748. The highest BCUT2D eigenvalue weighted by Gasteiger charge is 2.24. The first-order valence-electron chi connectivity index (χ1n) is 4.42. The third kappa shape index (κ3) is 2.83. The Kier molecular flexibility index (Phi) is 2.83. The second-order valence-electron chi connectivity index (χ2n) is 4.03.